The highest BCUT2D eigenvalue weighted by Gasteiger charge is 2.16. The van der Waals surface area contributed by atoms with Crippen molar-refractivity contribution in [2.75, 3.05) is 13.6 Å². The van der Waals surface area contributed by atoms with E-state index < -0.39 is 0 Å². The summed E-state index contributed by atoms with van der Waals surface area (Å²) in [5, 5.41) is 6.80. The van der Waals surface area contributed by atoms with Gasteiger partial charge in [-0.25, -0.2) is 0 Å². The van der Waals surface area contributed by atoms with Crippen LogP contribution in [-0.4, -0.2) is 31.7 Å². The van der Waals surface area contributed by atoms with Gasteiger partial charge in [-0.05, 0) is 47.8 Å². The summed E-state index contributed by atoms with van der Waals surface area (Å²) in [5.74, 6) is 1.73. The third-order valence-electron chi connectivity index (χ3n) is 3.64. The number of hydrogen-bond acceptors (Lipinski definition) is 2. The molecule has 0 aliphatic heterocycles. The van der Waals surface area contributed by atoms with E-state index in [0.29, 0.717) is 12.6 Å². The van der Waals surface area contributed by atoms with Gasteiger partial charge < -0.3 is 15.4 Å². The first-order valence-corrected chi connectivity index (χ1v) is 8.36. The number of benzene rings is 1. The summed E-state index contributed by atoms with van der Waals surface area (Å²) in [4.78, 5) is 4.28. The monoisotopic (exact) mass is 353 g/mol. The van der Waals surface area contributed by atoms with Gasteiger partial charge in [0, 0.05) is 13.1 Å². The largest absolute Gasteiger partial charge is 0.488 e. The van der Waals surface area contributed by atoms with Gasteiger partial charge in [0.25, 0.3) is 0 Å². The number of guanidine groups is 1. The van der Waals surface area contributed by atoms with E-state index in [1.807, 2.05) is 31.3 Å². The zero-order chi connectivity index (χ0) is 15.1. The Kier molecular flexibility index (Phi) is 6.36. The molecule has 2 N–H and O–H groups in total. The fourth-order valence-corrected chi connectivity index (χ4v) is 2.88. The van der Waals surface area contributed by atoms with Crippen molar-refractivity contribution < 1.29 is 4.74 Å². The predicted molar refractivity (Wildman–Crippen MR) is 91.0 cm³/mol. The third kappa shape index (κ3) is 5.23. The molecule has 0 spiro atoms. The molecule has 1 unspecified atom stereocenters. The van der Waals surface area contributed by atoms with Crippen LogP contribution in [0.3, 0.4) is 0 Å². The predicted octanol–water partition coefficient (Wildman–Crippen LogP) is 3.32. The molecule has 0 heterocycles. The second kappa shape index (κ2) is 8.27. The summed E-state index contributed by atoms with van der Waals surface area (Å²) >= 11 is 3.50. The minimum absolute atomic E-state index is 0.0610. The Balaban J connectivity index is 1.77. The van der Waals surface area contributed by atoms with Gasteiger partial charge in [-0.1, -0.05) is 25.0 Å². The lowest BCUT2D eigenvalue weighted by Crippen LogP contribution is -2.45. The first kappa shape index (κ1) is 16.1. The van der Waals surface area contributed by atoms with Crippen molar-refractivity contribution in [1.29, 1.82) is 0 Å². The van der Waals surface area contributed by atoms with Crippen LogP contribution in [0, 0.1) is 0 Å². The zero-order valence-corrected chi connectivity index (χ0v) is 14.3. The Morgan fingerprint density at radius 3 is 2.76 bits per heavy atom. The van der Waals surface area contributed by atoms with Gasteiger partial charge in [0.05, 0.1) is 11.0 Å². The highest BCUT2D eigenvalue weighted by atomic mass is 79.9. The molecule has 1 saturated carbocycles. The topological polar surface area (TPSA) is 45.7 Å². The maximum Gasteiger partial charge on any atom is 0.191 e. The van der Waals surface area contributed by atoms with Gasteiger partial charge in [-0.2, -0.15) is 0 Å². The molecule has 116 valence electrons. The lowest BCUT2D eigenvalue weighted by atomic mass is 10.2. The Hall–Kier alpha value is -1.23. The number of hydrogen-bond donors (Lipinski definition) is 2. The quantitative estimate of drug-likeness (QED) is 0.630. The molecule has 0 radical (unpaired) electrons. The van der Waals surface area contributed by atoms with Gasteiger partial charge >= 0.3 is 0 Å². The van der Waals surface area contributed by atoms with E-state index in [4.69, 9.17) is 4.74 Å². The lowest BCUT2D eigenvalue weighted by molar-refractivity contribution is 0.222. The van der Waals surface area contributed by atoms with Crippen LogP contribution in [0.1, 0.15) is 32.6 Å². The van der Waals surface area contributed by atoms with E-state index >= 15 is 0 Å². The summed E-state index contributed by atoms with van der Waals surface area (Å²) in [6.45, 7) is 2.77. The van der Waals surface area contributed by atoms with Gasteiger partial charge in [0.2, 0.25) is 0 Å². The van der Waals surface area contributed by atoms with E-state index in [-0.39, 0.29) is 6.10 Å². The van der Waals surface area contributed by atoms with Crippen LogP contribution in [0.2, 0.25) is 0 Å². The molecule has 2 rings (SSSR count). The summed E-state index contributed by atoms with van der Waals surface area (Å²) < 4.78 is 6.89. The number of rotatable bonds is 5. The van der Waals surface area contributed by atoms with Gasteiger partial charge in [0.15, 0.2) is 5.96 Å². The van der Waals surface area contributed by atoms with Crippen LogP contribution < -0.4 is 15.4 Å². The van der Waals surface area contributed by atoms with Gasteiger partial charge in [0.1, 0.15) is 11.9 Å². The number of nitrogens with one attached hydrogen (secondary N) is 2. The van der Waals surface area contributed by atoms with E-state index in [0.717, 1.165) is 16.2 Å². The number of halogens is 1. The molecule has 1 fully saturated rings. The minimum atomic E-state index is 0.0610. The van der Waals surface area contributed by atoms with Crippen LogP contribution in [0.5, 0.6) is 5.75 Å². The Morgan fingerprint density at radius 1 is 1.38 bits per heavy atom. The van der Waals surface area contributed by atoms with Crippen LogP contribution in [0.15, 0.2) is 33.7 Å². The smallest absolute Gasteiger partial charge is 0.191 e. The maximum atomic E-state index is 5.92. The third-order valence-corrected chi connectivity index (χ3v) is 4.30. The van der Waals surface area contributed by atoms with Crippen LogP contribution in [0.4, 0.5) is 0 Å². The lowest BCUT2D eigenvalue weighted by Gasteiger charge is -2.20. The van der Waals surface area contributed by atoms with Crippen molar-refractivity contribution >= 4 is 21.9 Å². The highest BCUT2D eigenvalue weighted by molar-refractivity contribution is 9.10. The molecule has 5 heteroatoms. The molecule has 0 saturated heterocycles. The number of ether oxygens (including phenoxy) is 1. The fourth-order valence-electron chi connectivity index (χ4n) is 2.50. The maximum absolute atomic E-state index is 5.92. The van der Waals surface area contributed by atoms with Crippen molar-refractivity contribution in [3.63, 3.8) is 0 Å². The van der Waals surface area contributed by atoms with Crippen LogP contribution in [-0.2, 0) is 0 Å². The van der Waals surface area contributed by atoms with Gasteiger partial charge in [-0.3, -0.25) is 4.99 Å². The van der Waals surface area contributed by atoms with Gasteiger partial charge in [-0.15, -0.1) is 0 Å². The van der Waals surface area contributed by atoms with Crippen molar-refractivity contribution in [3.8, 4) is 5.75 Å². The highest BCUT2D eigenvalue weighted by Crippen LogP contribution is 2.24. The SMILES string of the molecule is CN=C(NCC(C)Oc1ccccc1Br)NC1CCCC1. The Bertz CT molecular complexity index is 472. The van der Waals surface area contributed by atoms with E-state index in [9.17, 15) is 0 Å². The average Bonchev–Trinajstić information content (AvgIpc) is 2.99. The molecule has 1 aliphatic rings. The molecule has 0 aromatic heterocycles. The normalized spacial score (nSPS) is 17.6. The fraction of sp³-hybridized carbons (Fsp3) is 0.562. The minimum Gasteiger partial charge on any atom is -0.488 e. The molecule has 1 atom stereocenters. The zero-order valence-electron chi connectivity index (χ0n) is 12.7. The molecule has 1 aromatic rings. The summed E-state index contributed by atoms with van der Waals surface area (Å²) in [7, 11) is 1.81. The van der Waals surface area contributed by atoms with Crippen molar-refractivity contribution in [1.82, 2.24) is 10.6 Å². The van der Waals surface area contributed by atoms with Crippen molar-refractivity contribution in [2.24, 2.45) is 4.99 Å². The summed E-state index contributed by atoms with van der Waals surface area (Å²) in [6, 6.07) is 8.46. The molecule has 0 bridgehead atoms. The van der Waals surface area contributed by atoms with Crippen molar-refractivity contribution in [3.05, 3.63) is 28.7 Å². The molecule has 1 aromatic carbocycles. The molecular formula is C16H24BrN3O. The molecule has 21 heavy (non-hydrogen) atoms. The van der Waals surface area contributed by atoms with Crippen molar-refractivity contribution in [2.45, 2.75) is 44.8 Å². The first-order chi connectivity index (χ1) is 10.2. The number of para-hydroxylation sites is 1. The molecular weight excluding hydrogens is 330 g/mol. The summed E-state index contributed by atoms with van der Waals surface area (Å²) in [5.41, 5.74) is 0. The number of aliphatic imine (C=N–C) groups is 1. The molecule has 0 amide bonds. The Morgan fingerprint density at radius 2 is 2.10 bits per heavy atom. The molecule has 1 aliphatic carbocycles. The molecule has 4 nitrogen and oxygen atoms in total. The van der Waals surface area contributed by atoms with Crippen LogP contribution in [0.25, 0.3) is 0 Å². The van der Waals surface area contributed by atoms with Crippen LogP contribution >= 0.6 is 15.9 Å². The van der Waals surface area contributed by atoms with E-state index in [1.54, 1.807) is 0 Å². The van der Waals surface area contributed by atoms with E-state index in [1.165, 1.54) is 25.7 Å². The standard InChI is InChI=1S/C16H24BrN3O/c1-12(21-15-10-6-5-9-14(15)17)11-19-16(18-2)20-13-7-3-4-8-13/h5-6,9-10,12-13H,3-4,7-8,11H2,1-2H3,(H2,18,19,20). The second-order valence-corrected chi connectivity index (χ2v) is 6.29. The number of nitrogens with zero attached hydrogens (tertiary/aromatic N) is 1. The van der Waals surface area contributed by atoms with E-state index in [2.05, 4.69) is 38.5 Å². The first-order valence-electron chi connectivity index (χ1n) is 7.57. The Labute approximate surface area is 135 Å². The summed E-state index contributed by atoms with van der Waals surface area (Å²) in [6.07, 6.45) is 5.17. The second-order valence-electron chi connectivity index (χ2n) is 5.44. The average molecular weight is 354 g/mol.